The molecule has 1 unspecified atom stereocenters. The summed E-state index contributed by atoms with van der Waals surface area (Å²) in [5.74, 6) is 0.152. The zero-order chi connectivity index (χ0) is 18.9. The van der Waals surface area contributed by atoms with Crippen molar-refractivity contribution in [1.82, 2.24) is 5.32 Å². The minimum atomic E-state index is -0.517. The Labute approximate surface area is 171 Å². The number of nitrogens with one attached hydrogen (secondary N) is 1. The minimum Gasteiger partial charge on any atom is -0.508 e. The summed E-state index contributed by atoms with van der Waals surface area (Å²) in [5.41, 5.74) is 14.0. The third-order valence-corrected chi connectivity index (χ3v) is 4.28. The molecule has 0 aliphatic carbocycles. The van der Waals surface area contributed by atoms with E-state index in [9.17, 15) is 9.90 Å². The number of hydrogen-bond acceptors (Lipinski definition) is 4. The highest BCUT2D eigenvalue weighted by Crippen LogP contribution is 2.21. The summed E-state index contributed by atoms with van der Waals surface area (Å²) in [6, 6.07) is 13.8. The number of benzene rings is 2. The Kier molecular flexibility index (Phi) is 9.67. The molecule has 6 nitrogen and oxygen atoms in total. The SMILES string of the molecule is Br.CCCCC(NCCc1ccc(N)cc1)N(C(N)=O)c1ccc(O)cc1. The molecule has 1 atom stereocenters. The normalized spacial score (nSPS) is 11.4. The third kappa shape index (κ3) is 7.11. The predicted octanol–water partition coefficient (Wildman–Crippen LogP) is 3.79. The molecule has 0 saturated carbocycles. The van der Waals surface area contributed by atoms with E-state index in [2.05, 4.69) is 12.2 Å². The highest BCUT2D eigenvalue weighted by molar-refractivity contribution is 8.93. The van der Waals surface area contributed by atoms with E-state index in [0.29, 0.717) is 12.2 Å². The summed E-state index contributed by atoms with van der Waals surface area (Å²) in [6.45, 7) is 2.82. The maximum absolute atomic E-state index is 12.1. The molecule has 0 saturated heterocycles. The summed E-state index contributed by atoms with van der Waals surface area (Å²) >= 11 is 0. The molecule has 27 heavy (non-hydrogen) atoms. The molecule has 0 aromatic heterocycles. The van der Waals surface area contributed by atoms with Crippen LogP contribution in [0.4, 0.5) is 16.2 Å². The van der Waals surface area contributed by atoms with E-state index in [-0.39, 0.29) is 28.9 Å². The molecule has 0 heterocycles. The van der Waals surface area contributed by atoms with Gasteiger partial charge in [-0.1, -0.05) is 31.9 Å². The Balaban J connectivity index is 0.00000364. The van der Waals surface area contributed by atoms with E-state index in [0.717, 1.165) is 31.4 Å². The molecule has 0 radical (unpaired) electrons. The van der Waals surface area contributed by atoms with E-state index in [1.54, 1.807) is 29.2 Å². The van der Waals surface area contributed by atoms with E-state index >= 15 is 0 Å². The molecule has 0 spiro atoms. The van der Waals surface area contributed by atoms with Gasteiger partial charge < -0.3 is 16.6 Å². The molecule has 2 aromatic carbocycles. The van der Waals surface area contributed by atoms with E-state index in [4.69, 9.17) is 11.5 Å². The third-order valence-electron chi connectivity index (χ3n) is 4.28. The van der Waals surface area contributed by atoms with Gasteiger partial charge in [-0.25, -0.2) is 4.79 Å². The van der Waals surface area contributed by atoms with Gasteiger partial charge in [0.2, 0.25) is 0 Å². The van der Waals surface area contributed by atoms with Crippen molar-refractivity contribution in [1.29, 1.82) is 0 Å². The fourth-order valence-electron chi connectivity index (χ4n) is 2.86. The smallest absolute Gasteiger partial charge is 0.320 e. The number of aromatic hydroxyl groups is 1. The first-order valence-electron chi connectivity index (χ1n) is 8.96. The van der Waals surface area contributed by atoms with Gasteiger partial charge in [0.25, 0.3) is 0 Å². The van der Waals surface area contributed by atoms with Gasteiger partial charge in [-0.2, -0.15) is 0 Å². The highest BCUT2D eigenvalue weighted by atomic mass is 79.9. The number of phenols is 1. The number of halogens is 1. The Morgan fingerprint density at radius 3 is 2.33 bits per heavy atom. The number of primary amides is 1. The van der Waals surface area contributed by atoms with Gasteiger partial charge in [-0.05, 0) is 54.8 Å². The van der Waals surface area contributed by atoms with Crippen LogP contribution in [-0.4, -0.2) is 23.8 Å². The van der Waals surface area contributed by atoms with Crippen LogP contribution < -0.4 is 21.7 Å². The first-order valence-corrected chi connectivity index (χ1v) is 8.96. The number of nitrogen functional groups attached to an aromatic ring is 1. The van der Waals surface area contributed by atoms with Gasteiger partial charge in [-0.15, -0.1) is 17.0 Å². The van der Waals surface area contributed by atoms with Crippen LogP contribution in [0.2, 0.25) is 0 Å². The van der Waals surface area contributed by atoms with Crippen molar-refractivity contribution < 1.29 is 9.90 Å². The van der Waals surface area contributed by atoms with Crippen LogP contribution >= 0.6 is 17.0 Å². The van der Waals surface area contributed by atoms with Crippen molar-refractivity contribution >= 4 is 34.4 Å². The van der Waals surface area contributed by atoms with Crippen molar-refractivity contribution in [2.45, 2.75) is 38.8 Å². The second-order valence-electron chi connectivity index (χ2n) is 6.33. The maximum atomic E-state index is 12.1. The summed E-state index contributed by atoms with van der Waals surface area (Å²) in [6.07, 6.45) is 3.41. The highest BCUT2D eigenvalue weighted by Gasteiger charge is 2.22. The van der Waals surface area contributed by atoms with Crippen LogP contribution in [0.15, 0.2) is 48.5 Å². The van der Waals surface area contributed by atoms with Crippen molar-refractivity contribution in [3.05, 3.63) is 54.1 Å². The standard InChI is InChI=1S/C20H28N4O2.BrH/c1-2-3-4-19(23-14-13-15-5-7-16(21)8-6-15)24(20(22)26)17-9-11-18(25)12-10-17;/h5-12,19,23,25H,2-4,13-14,21H2,1H3,(H2,22,26);1H. The summed E-state index contributed by atoms with van der Waals surface area (Å²) in [4.78, 5) is 13.6. The van der Waals surface area contributed by atoms with Crippen molar-refractivity contribution in [3.8, 4) is 5.75 Å². The topological polar surface area (TPSA) is 105 Å². The molecule has 0 fully saturated rings. The van der Waals surface area contributed by atoms with Gasteiger partial charge >= 0.3 is 6.03 Å². The van der Waals surface area contributed by atoms with Crippen LogP contribution in [0, 0.1) is 0 Å². The number of hydrogen-bond donors (Lipinski definition) is 4. The summed E-state index contributed by atoms with van der Waals surface area (Å²) < 4.78 is 0. The number of phenolic OH excluding ortho intramolecular Hbond substituents is 1. The largest absolute Gasteiger partial charge is 0.508 e. The second kappa shape index (κ2) is 11.5. The number of carbonyl (C=O) groups is 1. The zero-order valence-electron chi connectivity index (χ0n) is 15.6. The number of unbranched alkanes of at least 4 members (excludes halogenated alkanes) is 1. The molecule has 148 valence electrons. The monoisotopic (exact) mass is 436 g/mol. The second-order valence-corrected chi connectivity index (χ2v) is 6.33. The van der Waals surface area contributed by atoms with Crippen molar-refractivity contribution in [2.75, 3.05) is 17.2 Å². The number of rotatable bonds is 9. The lowest BCUT2D eigenvalue weighted by atomic mass is 10.1. The molecule has 2 amide bonds. The van der Waals surface area contributed by atoms with E-state index in [1.807, 2.05) is 24.3 Å². The van der Waals surface area contributed by atoms with Crippen LogP contribution in [0.5, 0.6) is 5.75 Å². The number of urea groups is 1. The zero-order valence-corrected chi connectivity index (χ0v) is 17.3. The molecule has 6 N–H and O–H groups in total. The predicted molar refractivity (Wildman–Crippen MR) is 116 cm³/mol. The van der Waals surface area contributed by atoms with Gasteiger partial charge in [-0.3, -0.25) is 10.2 Å². The lowest BCUT2D eigenvalue weighted by Crippen LogP contribution is -2.51. The number of anilines is 2. The number of nitrogens with two attached hydrogens (primary N) is 2. The summed E-state index contributed by atoms with van der Waals surface area (Å²) in [5, 5.41) is 12.9. The first-order chi connectivity index (χ1) is 12.5. The van der Waals surface area contributed by atoms with Crippen LogP contribution in [0.1, 0.15) is 31.7 Å². The van der Waals surface area contributed by atoms with Crippen LogP contribution in [-0.2, 0) is 6.42 Å². The van der Waals surface area contributed by atoms with E-state index < -0.39 is 6.03 Å². The van der Waals surface area contributed by atoms with E-state index in [1.165, 1.54) is 5.56 Å². The number of amides is 2. The lowest BCUT2D eigenvalue weighted by molar-refractivity contribution is 0.249. The molecule has 7 heteroatoms. The van der Waals surface area contributed by atoms with Crippen LogP contribution in [0.3, 0.4) is 0 Å². The summed E-state index contributed by atoms with van der Waals surface area (Å²) in [7, 11) is 0. The van der Waals surface area contributed by atoms with Gasteiger partial charge in [0.05, 0.1) is 6.17 Å². The molecule has 0 aliphatic heterocycles. The molecule has 0 bridgehead atoms. The molecule has 0 aliphatic rings. The average molecular weight is 437 g/mol. The minimum absolute atomic E-state index is 0. The van der Waals surface area contributed by atoms with Gasteiger partial charge in [0.1, 0.15) is 5.75 Å². The van der Waals surface area contributed by atoms with Crippen LogP contribution in [0.25, 0.3) is 0 Å². The maximum Gasteiger partial charge on any atom is 0.320 e. The lowest BCUT2D eigenvalue weighted by Gasteiger charge is -2.31. The fourth-order valence-corrected chi connectivity index (χ4v) is 2.86. The number of carbonyl (C=O) groups excluding carboxylic acids is 1. The molecular formula is C20H29BrN4O2. The van der Waals surface area contributed by atoms with Gasteiger partial charge in [0, 0.05) is 17.9 Å². The van der Waals surface area contributed by atoms with Crippen molar-refractivity contribution in [3.63, 3.8) is 0 Å². The Morgan fingerprint density at radius 1 is 1.15 bits per heavy atom. The average Bonchev–Trinajstić information content (AvgIpc) is 2.62. The molecule has 2 aromatic rings. The molecule has 2 rings (SSSR count). The van der Waals surface area contributed by atoms with Crippen molar-refractivity contribution in [2.24, 2.45) is 5.73 Å². The quantitative estimate of drug-likeness (QED) is 0.354. The number of nitrogens with zero attached hydrogens (tertiary/aromatic N) is 1. The Hall–Kier alpha value is -2.25. The molecular weight excluding hydrogens is 408 g/mol. The van der Waals surface area contributed by atoms with Gasteiger partial charge in [0.15, 0.2) is 0 Å². The fraction of sp³-hybridized carbons (Fsp3) is 0.350. The Bertz CT molecular complexity index is 692. The first kappa shape index (κ1) is 22.8. The Morgan fingerprint density at radius 2 is 1.78 bits per heavy atom.